The number of aromatic nitrogens is 1. The molecule has 0 atom stereocenters. The lowest BCUT2D eigenvalue weighted by Gasteiger charge is -2.11. The number of unbranched alkanes of at least 4 members (excludes halogenated alkanes) is 2. The summed E-state index contributed by atoms with van der Waals surface area (Å²) in [6.45, 7) is 6.11. The van der Waals surface area contributed by atoms with Crippen LogP contribution in [0.25, 0.3) is 10.2 Å². The molecule has 0 bridgehead atoms. The van der Waals surface area contributed by atoms with Gasteiger partial charge < -0.3 is 11.1 Å². The van der Waals surface area contributed by atoms with Crippen LogP contribution in [-0.4, -0.2) is 18.1 Å². The van der Waals surface area contributed by atoms with Gasteiger partial charge in [-0.05, 0) is 50.4 Å². The molecule has 0 radical (unpaired) electrons. The fourth-order valence-electron chi connectivity index (χ4n) is 2.16. The fraction of sp³-hybridized carbons (Fsp3) is 0.500. The zero-order valence-corrected chi connectivity index (χ0v) is 11.9. The predicted molar refractivity (Wildman–Crippen MR) is 80.5 cm³/mol. The van der Waals surface area contributed by atoms with Gasteiger partial charge in [0, 0.05) is 12.2 Å². The molecule has 1 aromatic heterocycles. The first-order chi connectivity index (χ1) is 8.74. The molecule has 0 aliphatic heterocycles. The highest BCUT2D eigenvalue weighted by Gasteiger charge is 2.08. The molecular formula is C14H21N3S. The van der Waals surface area contributed by atoms with E-state index in [0.717, 1.165) is 25.0 Å². The summed E-state index contributed by atoms with van der Waals surface area (Å²) in [5, 5.41) is 3.53. The van der Waals surface area contributed by atoms with E-state index in [2.05, 4.69) is 30.2 Å². The monoisotopic (exact) mass is 263 g/mol. The van der Waals surface area contributed by atoms with E-state index in [1.165, 1.54) is 34.4 Å². The average molecular weight is 263 g/mol. The Morgan fingerprint density at radius 1 is 1.28 bits per heavy atom. The number of aryl methyl sites for hydroxylation is 2. The molecular weight excluding hydrogens is 242 g/mol. The van der Waals surface area contributed by atoms with Gasteiger partial charge in [0.15, 0.2) is 0 Å². The number of thiazole rings is 1. The molecule has 18 heavy (non-hydrogen) atoms. The van der Waals surface area contributed by atoms with Crippen LogP contribution in [0.1, 0.15) is 30.4 Å². The number of nitrogens with one attached hydrogen (secondary N) is 1. The average Bonchev–Trinajstić information content (AvgIpc) is 2.84. The van der Waals surface area contributed by atoms with Gasteiger partial charge >= 0.3 is 0 Å². The SMILES string of the molecule is Cc1cc(NCCCCCN)c(C)c2scnc12. The van der Waals surface area contributed by atoms with Crippen molar-refractivity contribution in [2.45, 2.75) is 33.1 Å². The second-order valence-corrected chi connectivity index (χ2v) is 5.53. The smallest absolute Gasteiger partial charge is 0.0845 e. The molecule has 1 aromatic carbocycles. The largest absolute Gasteiger partial charge is 0.385 e. The van der Waals surface area contributed by atoms with Crippen molar-refractivity contribution in [2.75, 3.05) is 18.4 Å². The van der Waals surface area contributed by atoms with Gasteiger partial charge in [-0.1, -0.05) is 6.42 Å². The Morgan fingerprint density at radius 3 is 2.89 bits per heavy atom. The molecule has 1 heterocycles. The summed E-state index contributed by atoms with van der Waals surface area (Å²) in [6.07, 6.45) is 3.49. The Morgan fingerprint density at radius 2 is 2.11 bits per heavy atom. The highest BCUT2D eigenvalue weighted by Crippen LogP contribution is 2.30. The van der Waals surface area contributed by atoms with Gasteiger partial charge in [0.25, 0.3) is 0 Å². The van der Waals surface area contributed by atoms with Gasteiger partial charge in [-0.2, -0.15) is 0 Å². The van der Waals surface area contributed by atoms with Crippen LogP contribution < -0.4 is 11.1 Å². The van der Waals surface area contributed by atoms with Crippen LogP contribution in [0.2, 0.25) is 0 Å². The number of nitrogens with two attached hydrogens (primary N) is 1. The second-order valence-electron chi connectivity index (χ2n) is 4.67. The maximum Gasteiger partial charge on any atom is 0.0845 e. The highest BCUT2D eigenvalue weighted by molar-refractivity contribution is 7.17. The van der Waals surface area contributed by atoms with E-state index < -0.39 is 0 Å². The molecule has 3 nitrogen and oxygen atoms in total. The van der Waals surface area contributed by atoms with Crippen LogP contribution in [0.4, 0.5) is 5.69 Å². The van der Waals surface area contributed by atoms with Crippen LogP contribution in [0.3, 0.4) is 0 Å². The van der Waals surface area contributed by atoms with Gasteiger partial charge in [-0.3, -0.25) is 0 Å². The predicted octanol–water partition coefficient (Wildman–Crippen LogP) is 3.45. The third-order valence-electron chi connectivity index (χ3n) is 3.24. The van der Waals surface area contributed by atoms with Crippen molar-refractivity contribution >= 4 is 27.2 Å². The fourth-order valence-corrected chi connectivity index (χ4v) is 3.04. The Bertz CT molecular complexity index is 519. The Labute approximate surface area is 112 Å². The quantitative estimate of drug-likeness (QED) is 0.785. The molecule has 98 valence electrons. The van der Waals surface area contributed by atoms with Crippen molar-refractivity contribution in [3.8, 4) is 0 Å². The lowest BCUT2D eigenvalue weighted by Crippen LogP contribution is -2.05. The van der Waals surface area contributed by atoms with E-state index in [-0.39, 0.29) is 0 Å². The summed E-state index contributed by atoms with van der Waals surface area (Å²) in [6, 6.07) is 2.21. The van der Waals surface area contributed by atoms with Gasteiger partial charge in [0.05, 0.1) is 15.7 Å². The number of hydrogen-bond donors (Lipinski definition) is 2. The van der Waals surface area contributed by atoms with Crippen LogP contribution in [0.15, 0.2) is 11.6 Å². The summed E-state index contributed by atoms with van der Waals surface area (Å²) < 4.78 is 1.31. The number of fused-ring (bicyclic) bond motifs is 1. The van der Waals surface area contributed by atoms with Gasteiger partial charge in [0.1, 0.15) is 0 Å². The maximum absolute atomic E-state index is 5.49. The summed E-state index contributed by atoms with van der Waals surface area (Å²) in [5.41, 5.74) is 12.4. The maximum atomic E-state index is 5.49. The first-order valence-electron chi connectivity index (χ1n) is 6.51. The zero-order valence-electron chi connectivity index (χ0n) is 11.1. The van der Waals surface area contributed by atoms with Gasteiger partial charge in [-0.15, -0.1) is 11.3 Å². The van der Waals surface area contributed by atoms with Gasteiger partial charge in [0.2, 0.25) is 0 Å². The molecule has 0 saturated carbocycles. The van der Waals surface area contributed by atoms with Crippen molar-refractivity contribution in [3.63, 3.8) is 0 Å². The van der Waals surface area contributed by atoms with E-state index >= 15 is 0 Å². The lowest BCUT2D eigenvalue weighted by molar-refractivity contribution is 0.707. The van der Waals surface area contributed by atoms with Crippen molar-refractivity contribution < 1.29 is 0 Å². The first kappa shape index (κ1) is 13.3. The summed E-state index contributed by atoms with van der Waals surface area (Å²) in [4.78, 5) is 4.42. The molecule has 0 aliphatic rings. The second kappa shape index (κ2) is 6.16. The first-order valence-corrected chi connectivity index (χ1v) is 7.39. The molecule has 0 unspecified atom stereocenters. The minimum Gasteiger partial charge on any atom is -0.385 e. The third kappa shape index (κ3) is 2.82. The Balaban J connectivity index is 2.06. The minimum absolute atomic E-state index is 0.797. The molecule has 0 fully saturated rings. The van der Waals surface area contributed by atoms with Crippen LogP contribution in [-0.2, 0) is 0 Å². The molecule has 2 aromatic rings. The summed E-state index contributed by atoms with van der Waals surface area (Å²) in [5.74, 6) is 0. The van der Waals surface area contributed by atoms with E-state index in [1.54, 1.807) is 11.3 Å². The molecule has 3 N–H and O–H groups in total. The van der Waals surface area contributed by atoms with E-state index in [0.29, 0.717) is 0 Å². The van der Waals surface area contributed by atoms with Crippen molar-refractivity contribution in [3.05, 3.63) is 22.7 Å². The van der Waals surface area contributed by atoms with Gasteiger partial charge in [-0.25, -0.2) is 4.98 Å². The molecule has 0 spiro atoms. The molecule has 0 aliphatic carbocycles. The van der Waals surface area contributed by atoms with E-state index in [1.807, 2.05) is 5.51 Å². The number of rotatable bonds is 6. The number of anilines is 1. The minimum atomic E-state index is 0.797. The normalized spacial score (nSPS) is 11.1. The molecule has 2 rings (SSSR count). The molecule has 4 heteroatoms. The summed E-state index contributed by atoms with van der Waals surface area (Å²) >= 11 is 1.72. The lowest BCUT2D eigenvalue weighted by atomic mass is 10.1. The Kier molecular flexibility index (Phi) is 4.55. The van der Waals surface area contributed by atoms with Crippen molar-refractivity contribution in [2.24, 2.45) is 5.73 Å². The zero-order chi connectivity index (χ0) is 13.0. The van der Waals surface area contributed by atoms with Crippen molar-refractivity contribution in [1.29, 1.82) is 0 Å². The topological polar surface area (TPSA) is 50.9 Å². The number of hydrogen-bond acceptors (Lipinski definition) is 4. The van der Waals surface area contributed by atoms with Crippen LogP contribution in [0, 0.1) is 13.8 Å². The summed E-state index contributed by atoms with van der Waals surface area (Å²) in [7, 11) is 0. The molecule has 0 amide bonds. The number of nitrogens with zero attached hydrogens (tertiary/aromatic N) is 1. The van der Waals surface area contributed by atoms with Crippen LogP contribution in [0.5, 0.6) is 0 Å². The molecule has 0 saturated heterocycles. The van der Waals surface area contributed by atoms with Crippen LogP contribution >= 0.6 is 11.3 Å². The standard InChI is InChI=1S/C14H21N3S/c1-10-8-12(16-7-5-3-4-6-15)11(2)14-13(10)17-9-18-14/h8-9,16H,3-7,15H2,1-2H3. The highest BCUT2D eigenvalue weighted by atomic mass is 32.1. The number of benzene rings is 1. The Hall–Kier alpha value is -1.13. The van der Waals surface area contributed by atoms with E-state index in [4.69, 9.17) is 5.73 Å². The van der Waals surface area contributed by atoms with Crippen molar-refractivity contribution in [1.82, 2.24) is 4.98 Å². The van der Waals surface area contributed by atoms with E-state index in [9.17, 15) is 0 Å². The third-order valence-corrected chi connectivity index (χ3v) is 4.19.